The fraction of sp³-hybridized carbons (Fsp3) is 0.240. The Labute approximate surface area is 350 Å². The molecule has 10 heteroatoms. The molecule has 10 nitrogen and oxygen atoms in total. The first-order valence-electron chi connectivity index (χ1n) is 20.0. The van der Waals surface area contributed by atoms with Crippen LogP contribution in [0.15, 0.2) is 140 Å². The third-order valence-electron chi connectivity index (χ3n) is 9.60. The number of amides is 2. The monoisotopic (exact) mass is 806 g/mol. The number of rotatable bonds is 18. The molecule has 0 spiro atoms. The summed E-state index contributed by atoms with van der Waals surface area (Å²) in [4.78, 5) is 53.0. The van der Waals surface area contributed by atoms with E-state index in [0.717, 1.165) is 38.2 Å². The second-order valence-electron chi connectivity index (χ2n) is 15.4. The summed E-state index contributed by atoms with van der Waals surface area (Å²) in [6.45, 7) is 9.48. The van der Waals surface area contributed by atoms with Crippen molar-refractivity contribution in [2.75, 3.05) is 25.1 Å². The van der Waals surface area contributed by atoms with Crippen LogP contribution in [0.1, 0.15) is 56.0 Å². The number of fused-ring (bicyclic) bond motifs is 2. The lowest BCUT2D eigenvalue weighted by molar-refractivity contribution is -0.127. The van der Waals surface area contributed by atoms with Gasteiger partial charge in [0.2, 0.25) is 5.91 Å². The number of ketones is 1. The molecule has 0 aromatic heterocycles. The summed E-state index contributed by atoms with van der Waals surface area (Å²) < 4.78 is 23.4. The van der Waals surface area contributed by atoms with Gasteiger partial charge in [0, 0.05) is 35.7 Å². The minimum Gasteiger partial charge on any atom is -0.489 e. The van der Waals surface area contributed by atoms with Gasteiger partial charge in [-0.3, -0.25) is 9.59 Å². The number of ether oxygens (including phenoxy) is 4. The summed E-state index contributed by atoms with van der Waals surface area (Å²) >= 11 is 0. The second kappa shape index (κ2) is 20.2. The van der Waals surface area contributed by atoms with Crippen molar-refractivity contribution in [2.24, 2.45) is 5.92 Å². The predicted octanol–water partition coefficient (Wildman–Crippen LogP) is 10.5. The summed E-state index contributed by atoms with van der Waals surface area (Å²) in [6, 6.07) is 39.5. The zero-order valence-corrected chi connectivity index (χ0v) is 34.2. The maximum absolute atomic E-state index is 13.9. The lowest BCUT2D eigenvalue weighted by Gasteiger charge is -2.21. The van der Waals surface area contributed by atoms with Crippen LogP contribution in [0.3, 0.4) is 0 Å². The summed E-state index contributed by atoms with van der Waals surface area (Å²) in [5.74, 6) is -0.909. The molecule has 2 amide bonds. The van der Waals surface area contributed by atoms with E-state index in [4.69, 9.17) is 18.9 Å². The van der Waals surface area contributed by atoms with Gasteiger partial charge in [-0.05, 0) is 91.1 Å². The number of alkyl carbamates (subject to hydrolysis) is 1. The number of benzene rings is 6. The maximum atomic E-state index is 13.9. The highest BCUT2D eigenvalue weighted by Crippen LogP contribution is 2.45. The van der Waals surface area contributed by atoms with Crippen LogP contribution in [0.5, 0.6) is 11.5 Å². The van der Waals surface area contributed by atoms with Crippen molar-refractivity contribution in [3.05, 3.63) is 151 Å². The quantitative estimate of drug-likeness (QED) is 0.0499. The van der Waals surface area contributed by atoms with Crippen molar-refractivity contribution in [2.45, 2.75) is 52.2 Å². The van der Waals surface area contributed by atoms with Gasteiger partial charge in [-0.15, -0.1) is 0 Å². The van der Waals surface area contributed by atoms with Gasteiger partial charge >= 0.3 is 12.1 Å². The van der Waals surface area contributed by atoms with E-state index in [2.05, 4.69) is 17.2 Å². The number of Topliss-reactive ketones (excluding diaryl/α,β-unsaturated/α-hetero) is 1. The van der Waals surface area contributed by atoms with E-state index in [1.165, 1.54) is 0 Å². The lowest BCUT2D eigenvalue weighted by Crippen LogP contribution is -2.33. The molecule has 0 aliphatic carbocycles. The van der Waals surface area contributed by atoms with Gasteiger partial charge in [-0.25, -0.2) is 9.59 Å². The van der Waals surface area contributed by atoms with Crippen molar-refractivity contribution in [3.8, 4) is 22.6 Å². The van der Waals surface area contributed by atoms with Gasteiger partial charge in [0.1, 0.15) is 36.9 Å². The zero-order chi connectivity index (χ0) is 42.5. The van der Waals surface area contributed by atoms with Crippen LogP contribution < -0.4 is 20.1 Å². The number of anilines is 1. The Bertz CT molecular complexity index is 2470. The Morgan fingerprint density at radius 1 is 0.733 bits per heavy atom. The number of carbonyl (C=O) groups is 4. The molecule has 0 saturated carbocycles. The standard InChI is InChI=1S/C50H50N2O8/c1-5-29-57-43-26-24-35-17-9-11-22-41(35)45(43)46-42-23-12-10-18-36(42)25-27-44(46)58-33-40(53)31-37(20-14-28-51-49(56)60-50(2,3)4)47(54)52-39-21-13-19-38(30-39)48(55)59-32-34-15-7-6-8-16-34/h5-13,15-19,21-27,30,37H,1,14,20,28-29,31-33H2,2-4H3,(H,51,56)(H,52,54)/t37-/m0/s1. The minimum absolute atomic E-state index is 0.104. The molecule has 2 N–H and O–H groups in total. The highest BCUT2D eigenvalue weighted by Gasteiger charge is 2.25. The summed E-state index contributed by atoms with van der Waals surface area (Å²) in [5.41, 5.74) is 2.43. The van der Waals surface area contributed by atoms with E-state index >= 15 is 0 Å². The number of esters is 1. The minimum atomic E-state index is -0.789. The molecule has 0 heterocycles. The Hall–Kier alpha value is -6.94. The molecule has 0 saturated heterocycles. The van der Waals surface area contributed by atoms with Crippen LogP contribution in [-0.4, -0.2) is 49.1 Å². The number of nitrogens with one attached hydrogen (secondary N) is 2. The Morgan fingerprint density at radius 3 is 2.02 bits per heavy atom. The second-order valence-corrected chi connectivity index (χ2v) is 15.4. The van der Waals surface area contributed by atoms with Gasteiger partial charge in [0.05, 0.1) is 5.56 Å². The van der Waals surface area contributed by atoms with Gasteiger partial charge in [0.25, 0.3) is 0 Å². The highest BCUT2D eigenvalue weighted by atomic mass is 16.6. The van der Waals surface area contributed by atoms with E-state index in [1.807, 2.05) is 103 Å². The summed E-state index contributed by atoms with van der Waals surface area (Å²) in [5, 5.41) is 9.48. The molecular formula is C50H50N2O8. The van der Waals surface area contributed by atoms with Crippen molar-refractivity contribution >= 4 is 51.0 Å². The van der Waals surface area contributed by atoms with Crippen molar-refractivity contribution in [3.63, 3.8) is 0 Å². The van der Waals surface area contributed by atoms with Crippen molar-refractivity contribution in [1.29, 1.82) is 0 Å². The topological polar surface area (TPSA) is 129 Å². The maximum Gasteiger partial charge on any atom is 0.407 e. The first kappa shape index (κ1) is 42.7. The average molecular weight is 807 g/mol. The van der Waals surface area contributed by atoms with Crippen LogP contribution in [0.25, 0.3) is 32.7 Å². The molecule has 0 bridgehead atoms. The summed E-state index contributed by atoms with van der Waals surface area (Å²) in [7, 11) is 0. The zero-order valence-electron chi connectivity index (χ0n) is 34.2. The number of hydrogen-bond donors (Lipinski definition) is 2. The number of carbonyl (C=O) groups excluding carboxylic acids is 4. The third kappa shape index (κ3) is 11.6. The van der Waals surface area contributed by atoms with Gasteiger partial charge < -0.3 is 29.6 Å². The van der Waals surface area contributed by atoms with Crippen LogP contribution in [0.4, 0.5) is 10.5 Å². The van der Waals surface area contributed by atoms with E-state index in [1.54, 1.807) is 51.1 Å². The molecule has 0 aliphatic heterocycles. The van der Waals surface area contributed by atoms with Crippen LogP contribution in [0, 0.1) is 5.92 Å². The summed E-state index contributed by atoms with van der Waals surface area (Å²) in [6.07, 6.45) is 1.64. The lowest BCUT2D eigenvalue weighted by atomic mass is 9.92. The van der Waals surface area contributed by atoms with E-state index in [9.17, 15) is 19.2 Å². The van der Waals surface area contributed by atoms with E-state index in [-0.39, 0.29) is 43.9 Å². The molecule has 0 fully saturated rings. The predicted molar refractivity (Wildman–Crippen MR) is 235 cm³/mol. The fourth-order valence-corrected chi connectivity index (χ4v) is 6.85. The molecule has 6 rings (SSSR count). The first-order chi connectivity index (χ1) is 29.0. The van der Waals surface area contributed by atoms with E-state index < -0.39 is 29.5 Å². The fourth-order valence-electron chi connectivity index (χ4n) is 6.85. The van der Waals surface area contributed by atoms with Gasteiger partial charge in [-0.2, -0.15) is 0 Å². The molecule has 308 valence electrons. The third-order valence-corrected chi connectivity index (χ3v) is 9.60. The average Bonchev–Trinajstić information content (AvgIpc) is 3.24. The van der Waals surface area contributed by atoms with Crippen molar-refractivity contribution < 1.29 is 38.1 Å². The molecule has 6 aromatic rings. The molecule has 60 heavy (non-hydrogen) atoms. The Balaban J connectivity index is 1.21. The van der Waals surface area contributed by atoms with Crippen LogP contribution in [0.2, 0.25) is 0 Å². The molecule has 0 aliphatic rings. The highest BCUT2D eigenvalue weighted by molar-refractivity contribution is 6.10. The Morgan fingerprint density at radius 2 is 1.37 bits per heavy atom. The van der Waals surface area contributed by atoms with Crippen LogP contribution >= 0.6 is 0 Å². The molecule has 6 aromatic carbocycles. The molecule has 0 radical (unpaired) electrons. The van der Waals surface area contributed by atoms with Gasteiger partial charge in [0.15, 0.2) is 5.78 Å². The van der Waals surface area contributed by atoms with Crippen molar-refractivity contribution in [1.82, 2.24) is 5.32 Å². The smallest absolute Gasteiger partial charge is 0.407 e. The molecule has 1 atom stereocenters. The van der Waals surface area contributed by atoms with Crippen LogP contribution in [-0.2, 0) is 25.7 Å². The Kier molecular flexibility index (Phi) is 14.3. The number of hydrogen-bond acceptors (Lipinski definition) is 8. The normalized spacial score (nSPS) is 11.7. The SMILES string of the molecule is C=CCOc1ccc2ccccc2c1-c1c(OCC(=O)C[C@H](CCCNC(=O)OC(C)(C)C)C(=O)Nc2cccc(C(=O)OCc3ccccc3)c2)ccc2ccccc12. The van der Waals surface area contributed by atoms with Gasteiger partial charge in [-0.1, -0.05) is 110 Å². The first-order valence-corrected chi connectivity index (χ1v) is 20.0. The largest absolute Gasteiger partial charge is 0.489 e. The molecule has 0 unspecified atom stereocenters. The van der Waals surface area contributed by atoms with E-state index in [0.29, 0.717) is 30.2 Å². The molecular weight excluding hydrogens is 757 g/mol.